The summed E-state index contributed by atoms with van der Waals surface area (Å²) in [7, 11) is 0. The molecule has 4 heteroatoms. The molecular weight excluding hydrogens is 265 g/mol. The first-order valence-corrected chi connectivity index (χ1v) is 7.31. The minimum Gasteiger partial charge on any atom is -0.384 e. The first kappa shape index (κ1) is 15.3. The van der Waals surface area contributed by atoms with Crippen molar-refractivity contribution in [3.8, 4) is 0 Å². The fourth-order valence-electron chi connectivity index (χ4n) is 2.10. The average Bonchev–Trinajstić information content (AvgIpc) is 2.48. The van der Waals surface area contributed by atoms with Crippen LogP contribution in [0.25, 0.3) is 0 Å². The molecule has 0 bridgehead atoms. The van der Waals surface area contributed by atoms with Crippen molar-refractivity contribution in [3.05, 3.63) is 53.6 Å². The van der Waals surface area contributed by atoms with Gasteiger partial charge in [-0.1, -0.05) is 19.1 Å². The summed E-state index contributed by atoms with van der Waals surface area (Å²) in [5.74, 6) is -0.169. The molecule has 0 aliphatic carbocycles. The Morgan fingerprint density at radius 2 is 1.95 bits per heavy atom. The number of halogens is 1. The van der Waals surface area contributed by atoms with E-state index < -0.39 is 0 Å². The molecule has 1 aromatic heterocycles. The van der Waals surface area contributed by atoms with Crippen LogP contribution < -0.4 is 10.6 Å². The van der Waals surface area contributed by atoms with Gasteiger partial charge in [0.25, 0.3) is 0 Å². The Kier molecular flexibility index (Phi) is 5.14. The zero-order valence-corrected chi connectivity index (χ0v) is 12.8. The summed E-state index contributed by atoms with van der Waals surface area (Å²) in [6.45, 7) is 6.82. The van der Waals surface area contributed by atoms with Crippen LogP contribution in [0, 0.1) is 12.7 Å². The van der Waals surface area contributed by atoms with Crippen molar-refractivity contribution in [2.45, 2.75) is 33.2 Å². The number of benzene rings is 1. The summed E-state index contributed by atoms with van der Waals surface area (Å²) in [5, 5.41) is 6.65. The average molecular weight is 287 g/mol. The lowest BCUT2D eigenvalue weighted by atomic mass is 10.1. The lowest BCUT2D eigenvalue weighted by molar-refractivity contribution is 0.614. The van der Waals surface area contributed by atoms with Gasteiger partial charge >= 0.3 is 0 Å². The van der Waals surface area contributed by atoms with Crippen molar-refractivity contribution in [1.82, 2.24) is 4.98 Å². The predicted octanol–water partition coefficient (Wildman–Crippen LogP) is 4.52. The SMILES string of the molecule is CCCNc1cncc(NC(C)c2ccc(C)c(F)c2)c1. The summed E-state index contributed by atoms with van der Waals surface area (Å²) in [6, 6.07) is 7.37. The molecule has 2 rings (SSSR count). The third kappa shape index (κ3) is 4.18. The van der Waals surface area contributed by atoms with Gasteiger partial charge in [0.15, 0.2) is 0 Å². The number of aryl methyl sites for hydroxylation is 1. The maximum atomic E-state index is 13.6. The highest BCUT2D eigenvalue weighted by atomic mass is 19.1. The number of rotatable bonds is 6. The Labute approximate surface area is 125 Å². The maximum Gasteiger partial charge on any atom is 0.126 e. The molecular formula is C17H22FN3. The minimum atomic E-state index is -0.169. The van der Waals surface area contributed by atoms with Gasteiger partial charge in [0.05, 0.1) is 23.8 Å². The van der Waals surface area contributed by atoms with E-state index in [1.54, 1.807) is 31.5 Å². The molecule has 1 heterocycles. The van der Waals surface area contributed by atoms with Gasteiger partial charge in [-0.15, -0.1) is 0 Å². The number of hydrogen-bond donors (Lipinski definition) is 2. The quantitative estimate of drug-likeness (QED) is 0.820. The third-order valence-corrected chi connectivity index (χ3v) is 3.40. The van der Waals surface area contributed by atoms with E-state index in [4.69, 9.17) is 0 Å². The molecule has 1 unspecified atom stereocenters. The molecule has 0 amide bonds. The van der Waals surface area contributed by atoms with Gasteiger partial charge in [0, 0.05) is 12.6 Å². The molecule has 21 heavy (non-hydrogen) atoms. The number of nitrogens with zero attached hydrogens (tertiary/aromatic N) is 1. The molecule has 2 aromatic rings. The van der Waals surface area contributed by atoms with Gasteiger partial charge in [0.2, 0.25) is 0 Å². The van der Waals surface area contributed by atoms with E-state index in [2.05, 4.69) is 22.5 Å². The van der Waals surface area contributed by atoms with E-state index in [1.807, 2.05) is 19.1 Å². The molecule has 0 radical (unpaired) electrons. The van der Waals surface area contributed by atoms with E-state index in [1.165, 1.54) is 0 Å². The first-order chi connectivity index (χ1) is 10.1. The second kappa shape index (κ2) is 7.07. The number of pyridine rings is 1. The van der Waals surface area contributed by atoms with Crippen LogP contribution in [-0.4, -0.2) is 11.5 Å². The van der Waals surface area contributed by atoms with Crippen LogP contribution in [-0.2, 0) is 0 Å². The topological polar surface area (TPSA) is 37.0 Å². The second-order valence-corrected chi connectivity index (χ2v) is 5.26. The zero-order valence-electron chi connectivity index (χ0n) is 12.8. The van der Waals surface area contributed by atoms with Gasteiger partial charge in [-0.25, -0.2) is 4.39 Å². The highest BCUT2D eigenvalue weighted by Gasteiger charge is 2.08. The molecule has 1 aromatic carbocycles. The lowest BCUT2D eigenvalue weighted by Crippen LogP contribution is -2.08. The van der Waals surface area contributed by atoms with E-state index in [0.717, 1.165) is 29.9 Å². The molecule has 0 aliphatic heterocycles. The van der Waals surface area contributed by atoms with Crippen molar-refractivity contribution in [1.29, 1.82) is 0 Å². The van der Waals surface area contributed by atoms with Crippen LogP contribution in [0.15, 0.2) is 36.7 Å². The van der Waals surface area contributed by atoms with E-state index in [-0.39, 0.29) is 11.9 Å². The van der Waals surface area contributed by atoms with Crippen LogP contribution in [0.3, 0.4) is 0 Å². The van der Waals surface area contributed by atoms with Gasteiger partial charge < -0.3 is 10.6 Å². The Balaban J connectivity index is 2.07. The Hall–Kier alpha value is -2.10. The fraction of sp³-hybridized carbons (Fsp3) is 0.353. The Morgan fingerprint density at radius 3 is 2.67 bits per heavy atom. The van der Waals surface area contributed by atoms with Crippen molar-refractivity contribution in [2.24, 2.45) is 0 Å². The van der Waals surface area contributed by atoms with Crippen LogP contribution in [0.1, 0.15) is 37.4 Å². The van der Waals surface area contributed by atoms with E-state index in [0.29, 0.717) is 5.56 Å². The molecule has 1 atom stereocenters. The standard InChI is InChI=1S/C17H22FN3/c1-4-7-20-15-9-16(11-19-10-15)21-13(3)14-6-5-12(2)17(18)8-14/h5-6,8-11,13,20-21H,4,7H2,1-3H3. The molecule has 2 N–H and O–H groups in total. The van der Waals surface area contributed by atoms with Gasteiger partial charge in [-0.2, -0.15) is 0 Å². The Bertz CT molecular complexity index is 598. The monoisotopic (exact) mass is 287 g/mol. The van der Waals surface area contributed by atoms with Crippen LogP contribution in [0.5, 0.6) is 0 Å². The second-order valence-electron chi connectivity index (χ2n) is 5.26. The Morgan fingerprint density at radius 1 is 1.19 bits per heavy atom. The van der Waals surface area contributed by atoms with Crippen molar-refractivity contribution >= 4 is 11.4 Å². The van der Waals surface area contributed by atoms with Gasteiger partial charge in [-0.3, -0.25) is 4.98 Å². The molecule has 0 aliphatic rings. The van der Waals surface area contributed by atoms with Crippen LogP contribution >= 0.6 is 0 Å². The summed E-state index contributed by atoms with van der Waals surface area (Å²) in [5.41, 5.74) is 3.50. The number of nitrogens with one attached hydrogen (secondary N) is 2. The summed E-state index contributed by atoms with van der Waals surface area (Å²) < 4.78 is 13.6. The van der Waals surface area contributed by atoms with Crippen molar-refractivity contribution in [3.63, 3.8) is 0 Å². The van der Waals surface area contributed by atoms with Crippen molar-refractivity contribution < 1.29 is 4.39 Å². The summed E-state index contributed by atoms with van der Waals surface area (Å²) in [6.07, 6.45) is 4.64. The molecule has 3 nitrogen and oxygen atoms in total. The molecule has 0 saturated carbocycles. The smallest absolute Gasteiger partial charge is 0.126 e. The molecule has 0 saturated heterocycles. The summed E-state index contributed by atoms with van der Waals surface area (Å²) in [4.78, 5) is 4.22. The summed E-state index contributed by atoms with van der Waals surface area (Å²) >= 11 is 0. The molecule has 0 fully saturated rings. The van der Waals surface area contributed by atoms with Crippen LogP contribution in [0.2, 0.25) is 0 Å². The number of anilines is 2. The molecule has 112 valence electrons. The normalized spacial score (nSPS) is 12.0. The highest BCUT2D eigenvalue weighted by molar-refractivity contribution is 5.54. The van der Waals surface area contributed by atoms with Crippen LogP contribution in [0.4, 0.5) is 15.8 Å². The van der Waals surface area contributed by atoms with E-state index in [9.17, 15) is 4.39 Å². The largest absolute Gasteiger partial charge is 0.384 e. The van der Waals surface area contributed by atoms with Gasteiger partial charge in [-0.05, 0) is 43.5 Å². The van der Waals surface area contributed by atoms with Crippen molar-refractivity contribution in [2.75, 3.05) is 17.2 Å². The number of hydrogen-bond acceptors (Lipinski definition) is 3. The minimum absolute atomic E-state index is 0.0170. The number of aromatic nitrogens is 1. The third-order valence-electron chi connectivity index (χ3n) is 3.40. The first-order valence-electron chi connectivity index (χ1n) is 7.31. The predicted molar refractivity (Wildman–Crippen MR) is 86.2 cm³/mol. The fourth-order valence-corrected chi connectivity index (χ4v) is 2.10. The highest BCUT2D eigenvalue weighted by Crippen LogP contribution is 2.22. The molecule has 0 spiro atoms. The zero-order chi connectivity index (χ0) is 15.2. The van der Waals surface area contributed by atoms with Gasteiger partial charge in [0.1, 0.15) is 5.82 Å². The maximum absolute atomic E-state index is 13.6. The van der Waals surface area contributed by atoms with E-state index >= 15 is 0 Å². The lowest BCUT2D eigenvalue weighted by Gasteiger charge is -2.17.